The van der Waals surface area contributed by atoms with E-state index in [9.17, 15) is 4.79 Å². The lowest BCUT2D eigenvalue weighted by atomic mass is 10.2. The van der Waals surface area contributed by atoms with Crippen molar-refractivity contribution in [3.63, 3.8) is 0 Å². The second-order valence-electron chi connectivity index (χ2n) is 2.41. The van der Waals surface area contributed by atoms with Gasteiger partial charge in [-0.3, -0.25) is 4.79 Å². The summed E-state index contributed by atoms with van der Waals surface area (Å²) in [6.07, 6.45) is 2.52. The molecule has 0 unspecified atom stereocenters. The van der Waals surface area contributed by atoms with Crippen molar-refractivity contribution in [1.82, 2.24) is 0 Å². The molecule has 4 nitrogen and oxygen atoms in total. The molecule has 0 saturated heterocycles. The van der Waals surface area contributed by atoms with Gasteiger partial charge in [-0.25, -0.2) is 0 Å². The summed E-state index contributed by atoms with van der Waals surface area (Å²) in [5, 5.41) is 8.66. The van der Waals surface area contributed by atoms with E-state index in [1.165, 1.54) is 12.3 Å². The third-order valence-electron chi connectivity index (χ3n) is 1.48. The van der Waals surface area contributed by atoms with Crippen molar-refractivity contribution in [1.29, 1.82) is 5.26 Å². The molecule has 72 valence electrons. The van der Waals surface area contributed by atoms with E-state index in [0.29, 0.717) is 6.61 Å². The van der Waals surface area contributed by atoms with Crippen molar-refractivity contribution in [2.45, 2.75) is 6.92 Å². The van der Waals surface area contributed by atoms with Crippen LogP contribution in [0.1, 0.15) is 17.5 Å². The number of rotatable bonds is 4. The van der Waals surface area contributed by atoms with Crippen molar-refractivity contribution >= 4 is 5.78 Å². The zero-order chi connectivity index (χ0) is 10.4. The monoisotopic (exact) mass is 191 g/mol. The number of hydrogen-bond donors (Lipinski definition) is 0. The molecular weight excluding hydrogens is 182 g/mol. The van der Waals surface area contributed by atoms with Gasteiger partial charge in [-0.1, -0.05) is 0 Å². The Morgan fingerprint density at radius 3 is 3.07 bits per heavy atom. The van der Waals surface area contributed by atoms with Gasteiger partial charge >= 0.3 is 0 Å². The number of carbonyl (C=O) groups excluding carboxylic acids is 1. The maximum atomic E-state index is 11.5. The molecule has 1 rings (SSSR count). The van der Waals surface area contributed by atoms with Crippen molar-refractivity contribution in [3.8, 4) is 6.07 Å². The van der Waals surface area contributed by atoms with Crippen LogP contribution in [-0.2, 0) is 4.74 Å². The van der Waals surface area contributed by atoms with E-state index >= 15 is 0 Å². The number of allylic oxidation sites excluding steroid dienone is 1. The van der Waals surface area contributed by atoms with E-state index in [0.717, 1.165) is 6.26 Å². The third-order valence-corrected chi connectivity index (χ3v) is 1.48. The molecule has 1 aromatic rings. The summed E-state index contributed by atoms with van der Waals surface area (Å²) in [5.41, 5.74) is -0.0678. The lowest BCUT2D eigenvalue weighted by Crippen LogP contribution is -2.01. The van der Waals surface area contributed by atoms with E-state index in [1.54, 1.807) is 19.1 Å². The largest absolute Gasteiger partial charge is 0.500 e. The highest BCUT2D eigenvalue weighted by Crippen LogP contribution is 2.08. The molecular formula is C10H9NO3. The number of ketones is 1. The van der Waals surface area contributed by atoms with Crippen LogP contribution in [-0.4, -0.2) is 12.4 Å². The highest BCUT2D eigenvalue weighted by molar-refractivity contribution is 6.09. The highest BCUT2D eigenvalue weighted by Gasteiger charge is 2.14. The fourth-order valence-electron chi connectivity index (χ4n) is 0.838. The van der Waals surface area contributed by atoms with Gasteiger partial charge in [-0.2, -0.15) is 5.26 Å². The Kier molecular flexibility index (Phi) is 3.50. The average Bonchev–Trinajstić information content (AvgIpc) is 2.71. The minimum Gasteiger partial charge on any atom is -0.500 e. The summed E-state index contributed by atoms with van der Waals surface area (Å²) in [4.78, 5) is 11.5. The topological polar surface area (TPSA) is 63.2 Å². The average molecular weight is 191 g/mol. The molecule has 0 aliphatic heterocycles. The fourth-order valence-corrected chi connectivity index (χ4v) is 0.838. The number of hydrogen-bond acceptors (Lipinski definition) is 4. The van der Waals surface area contributed by atoms with E-state index in [2.05, 4.69) is 0 Å². The SMILES string of the molecule is CCOC=C(C#N)C(=O)c1ccco1. The molecule has 0 fully saturated rings. The number of carbonyl (C=O) groups is 1. The molecule has 0 aliphatic rings. The zero-order valence-corrected chi connectivity index (χ0v) is 7.69. The first-order chi connectivity index (χ1) is 6.79. The summed E-state index contributed by atoms with van der Waals surface area (Å²) >= 11 is 0. The summed E-state index contributed by atoms with van der Waals surface area (Å²) in [6, 6.07) is 4.84. The minimum absolute atomic E-state index is 0.0678. The first-order valence-electron chi connectivity index (χ1n) is 4.09. The Labute approximate surface area is 81.4 Å². The van der Waals surface area contributed by atoms with Gasteiger partial charge in [0.15, 0.2) is 5.76 Å². The molecule has 4 heteroatoms. The number of Topliss-reactive ketones (excluding diaryl/α,β-unsaturated/α-hetero) is 1. The van der Waals surface area contributed by atoms with Crippen LogP contribution in [0.15, 0.2) is 34.6 Å². The minimum atomic E-state index is -0.467. The van der Waals surface area contributed by atoms with Gasteiger partial charge in [0, 0.05) is 0 Å². The van der Waals surface area contributed by atoms with Crippen LogP contribution < -0.4 is 0 Å². The Bertz CT molecular complexity index is 371. The van der Waals surface area contributed by atoms with E-state index < -0.39 is 5.78 Å². The molecule has 0 atom stereocenters. The smallest absolute Gasteiger partial charge is 0.241 e. The van der Waals surface area contributed by atoms with Gasteiger partial charge in [0.25, 0.3) is 0 Å². The molecule has 14 heavy (non-hydrogen) atoms. The first kappa shape index (κ1) is 10.1. The van der Waals surface area contributed by atoms with Crippen molar-refractivity contribution in [2.24, 2.45) is 0 Å². The van der Waals surface area contributed by atoms with Crippen LogP contribution in [0.3, 0.4) is 0 Å². The standard InChI is InChI=1S/C10H9NO3/c1-2-13-7-8(6-11)10(12)9-4-3-5-14-9/h3-5,7H,2H2,1H3. The molecule has 1 aromatic heterocycles. The molecule has 0 radical (unpaired) electrons. The van der Waals surface area contributed by atoms with Crippen LogP contribution in [0.4, 0.5) is 0 Å². The second-order valence-corrected chi connectivity index (χ2v) is 2.41. The van der Waals surface area contributed by atoms with Crippen LogP contribution in [0, 0.1) is 11.3 Å². The van der Waals surface area contributed by atoms with Crippen LogP contribution in [0.5, 0.6) is 0 Å². The predicted molar refractivity (Wildman–Crippen MR) is 48.4 cm³/mol. The Hall–Kier alpha value is -2.02. The van der Waals surface area contributed by atoms with Crippen LogP contribution in [0.25, 0.3) is 0 Å². The van der Waals surface area contributed by atoms with E-state index in [-0.39, 0.29) is 11.3 Å². The Morgan fingerprint density at radius 1 is 1.79 bits per heavy atom. The van der Waals surface area contributed by atoms with Gasteiger partial charge in [-0.15, -0.1) is 0 Å². The second kappa shape index (κ2) is 4.87. The molecule has 1 heterocycles. The summed E-state index contributed by atoms with van der Waals surface area (Å²) in [6.45, 7) is 2.18. The number of nitrogens with zero attached hydrogens (tertiary/aromatic N) is 1. The molecule has 0 amide bonds. The molecule has 0 aromatic carbocycles. The lowest BCUT2D eigenvalue weighted by Gasteiger charge is -1.95. The third kappa shape index (κ3) is 2.23. The normalized spacial score (nSPS) is 10.7. The maximum absolute atomic E-state index is 11.5. The molecule has 0 aliphatic carbocycles. The zero-order valence-electron chi connectivity index (χ0n) is 7.69. The fraction of sp³-hybridized carbons (Fsp3) is 0.200. The quantitative estimate of drug-likeness (QED) is 0.315. The number of furan rings is 1. The van der Waals surface area contributed by atoms with Gasteiger partial charge in [0.05, 0.1) is 12.9 Å². The molecule has 0 saturated carbocycles. The predicted octanol–water partition coefficient (Wildman–Crippen LogP) is 1.91. The lowest BCUT2D eigenvalue weighted by molar-refractivity contribution is 0.100. The van der Waals surface area contributed by atoms with Crippen LogP contribution in [0.2, 0.25) is 0 Å². The van der Waals surface area contributed by atoms with Crippen molar-refractivity contribution in [2.75, 3.05) is 6.61 Å². The van der Waals surface area contributed by atoms with Gasteiger partial charge < -0.3 is 9.15 Å². The molecule has 0 N–H and O–H groups in total. The maximum Gasteiger partial charge on any atom is 0.241 e. The number of ether oxygens (including phenoxy) is 1. The van der Waals surface area contributed by atoms with Crippen molar-refractivity contribution in [3.05, 3.63) is 36.0 Å². The van der Waals surface area contributed by atoms with E-state index in [1.807, 2.05) is 0 Å². The summed E-state index contributed by atoms with van der Waals surface area (Å²) in [7, 11) is 0. The van der Waals surface area contributed by atoms with Crippen molar-refractivity contribution < 1.29 is 13.9 Å². The van der Waals surface area contributed by atoms with Gasteiger partial charge in [0.2, 0.25) is 5.78 Å². The van der Waals surface area contributed by atoms with Gasteiger partial charge in [-0.05, 0) is 19.1 Å². The molecule has 0 spiro atoms. The molecule has 0 bridgehead atoms. The first-order valence-corrected chi connectivity index (χ1v) is 4.09. The number of nitriles is 1. The summed E-state index contributed by atoms with van der Waals surface area (Å²) in [5.74, 6) is -0.330. The highest BCUT2D eigenvalue weighted by atomic mass is 16.5. The Morgan fingerprint density at radius 2 is 2.57 bits per heavy atom. The summed E-state index contributed by atoms with van der Waals surface area (Å²) < 4.78 is 9.72. The van der Waals surface area contributed by atoms with Gasteiger partial charge in [0.1, 0.15) is 17.9 Å². The van der Waals surface area contributed by atoms with Crippen LogP contribution >= 0.6 is 0 Å². The van der Waals surface area contributed by atoms with E-state index in [4.69, 9.17) is 14.4 Å². The Balaban J connectivity index is 2.83.